The van der Waals surface area contributed by atoms with Crippen molar-refractivity contribution >= 4 is 39.3 Å². The van der Waals surface area contributed by atoms with Crippen LogP contribution in [0.4, 0.5) is 0 Å². The molecule has 0 saturated heterocycles. The van der Waals surface area contributed by atoms with E-state index in [2.05, 4.69) is 40.7 Å². The van der Waals surface area contributed by atoms with Gasteiger partial charge < -0.3 is 0 Å². The van der Waals surface area contributed by atoms with Gasteiger partial charge in [-0.3, -0.25) is 0 Å². The molecule has 0 spiro atoms. The fraction of sp³-hybridized carbons (Fsp3) is 0.455. The van der Waals surface area contributed by atoms with E-state index in [0.29, 0.717) is 0 Å². The van der Waals surface area contributed by atoms with E-state index < -0.39 is 4.96 Å². The smallest absolute Gasteiger partial charge is 0.150 e. The SMILES string of the molecule is Cc1cc(C)c(C)c(C)c1C.ClB(Cl)Cl. The highest BCUT2D eigenvalue weighted by Crippen LogP contribution is 2.19. The van der Waals surface area contributed by atoms with E-state index >= 15 is 0 Å². The van der Waals surface area contributed by atoms with E-state index in [9.17, 15) is 0 Å². The van der Waals surface area contributed by atoms with Gasteiger partial charge in [0, 0.05) is 0 Å². The zero-order chi connectivity index (χ0) is 12.2. The van der Waals surface area contributed by atoms with E-state index in [4.69, 9.17) is 34.4 Å². The molecule has 0 bridgehead atoms. The van der Waals surface area contributed by atoms with Crippen molar-refractivity contribution in [2.24, 2.45) is 0 Å². The quantitative estimate of drug-likeness (QED) is 0.584. The molecular weight excluding hydrogens is 249 g/mol. The Morgan fingerprint density at radius 3 is 1.27 bits per heavy atom. The van der Waals surface area contributed by atoms with Crippen molar-refractivity contribution in [3.8, 4) is 0 Å². The van der Waals surface area contributed by atoms with Crippen LogP contribution in [0.2, 0.25) is 0 Å². The van der Waals surface area contributed by atoms with Crippen LogP contribution in [0.1, 0.15) is 27.8 Å². The molecule has 15 heavy (non-hydrogen) atoms. The van der Waals surface area contributed by atoms with E-state index in [1.807, 2.05) is 0 Å². The van der Waals surface area contributed by atoms with Crippen LogP contribution in [0.5, 0.6) is 0 Å². The third-order valence-corrected chi connectivity index (χ3v) is 2.74. The first-order valence-electron chi connectivity index (χ1n) is 4.73. The molecule has 0 saturated carbocycles. The fourth-order valence-electron chi connectivity index (χ4n) is 1.41. The second-order valence-electron chi connectivity index (χ2n) is 3.63. The summed E-state index contributed by atoms with van der Waals surface area (Å²) in [6.07, 6.45) is 0. The number of aryl methyl sites for hydroxylation is 2. The Kier molecular flexibility index (Phi) is 6.75. The molecular formula is C11H16BCl3. The molecule has 0 amide bonds. The van der Waals surface area contributed by atoms with Gasteiger partial charge in [-0.25, -0.2) is 0 Å². The second kappa shape index (κ2) is 6.68. The first-order chi connectivity index (χ1) is 6.77. The molecule has 0 N–H and O–H groups in total. The third kappa shape index (κ3) is 5.15. The summed E-state index contributed by atoms with van der Waals surface area (Å²) >= 11 is 14.4. The van der Waals surface area contributed by atoms with Gasteiger partial charge in [-0.15, -0.1) is 0 Å². The maximum Gasteiger partial charge on any atom is 0.450 e. The van der Waals surface area contributed by atoms with Gasteiger partial charge in [0.15, 0.2) is 0 Å². The Labute approximate surface area is 108 Å². The Morgan fingerprint density at radius 2 is 1.00 bits per heavy atom. The summed E-state index contributed by atoms with van der Waals surface area (Å²) in [6.45, 7) is 10.9. The van der Waals surface area contributed by atoms with Gasteiger partial charge in [0.1, 0.15) is 0 Å². The molecule has 1 rings (SSSR count). The van der Waals surface area contributed by atoms with Crippen LogP contribution in [-0.4, -0.2) is 4.96 Å². The minimum absolute atomic E-state index is 0.750. The molecule has 0 aromatic heterocycles. The van der Waals surface area contributed by atoms with Gasteiger partial charge >= 0.3 is 4.96 Å². The molecule has 84 valence electrons. The molecule has 0 fully saturated rings. The summed E-state index contributed by atoms with van der Waals surface area (Å²) in [7, 11) is 0. The Bertz CT molecular complexity index is 306. The topological polar surface area (TPSA) is 0 Å². The summed E-state index contributed by atoms with van der Waals surface area (Å²) in [5.74, 6) is 0. The maximum absolute atomic E-state index is 4.81. The highest BCUT2D eigenvalue weighted by atomic mass is 35.6. The zero-order valence-electron chi connectivity index (χ0n) is 9.79. The van der Waals surface area contributed by atoms with Crippen LogP contribution in [0, 0.1) is 34.6 Å². The van der Waals surface area contributed by atoms with Crippen LogP contribution in [-0.2, 0) is 0 Å². The monoisotopic (exact) mass is 264 g/mol. The lowest BCUT2D eigenvalue weighted by Gasteiger charge is -2.10. The van der Waals surface area contributed by atoms with Crippen molar-refractivity contribution in [3.05, 3.63) is 33.9 Å². The van der Waals surface area contributed by atoms with Crippen molar-refractivity contribution < 1.29 is 0 Å². The van der Waals surface area contributed by atoms with Crippen LogP contribution in [0.3, 0.4) is 0 Å². The highest BCUT2D eigenvalue weighted by Gasteiger charge is 2.02. The summed E-state index contributed by atoms with van der Waals surface area (Å²) < 4.78 is 0. The molecule has 0 nitrogen and oxygen atoms in total. The molecule has 0 heterocycles. The number of hydrogen-bond acceptors (Lipinski definition) is 0. The van der Waals surface area contributed by atoms with Gasteiger partial charge in [0.2, 0.25) is 0 Å². The summed E-state index contributed by atoms with van der Waals surface area (Å²) in [6, 6.07) is 2.26. The average molecular weight is 265 g/mol. The van der Waals surface area contributed by atoms with E-state index in [-0.39, 0.29) is 0 Å². The molecule has 0 unspecified atom stereocenters. The van der Waals surface area contributed by atoms with Gasteiger partial charge in [-0.2, -0.15) is 34.4 Å². The number of hydrogen-bond donors (Lipinski definition) is 0. The first-order valence-corrected chi connectivity index (χ1v) is 6.04. The molecule has 0 aliphatic carbocycles. The van der Waals surface area contributed by atoms with Crippen molar-refractivity contribution in [1.29, 1.82) is 0 Å². The predicted octanol–water partition coefficient (Wildman–Crippen LogP) is 4.92. The summed E-state index contributed by atoms with van der Waals surface area (Å²) in [4.78, 5) is -0.750. The van der Waals surface area contributed by atoms with Gasteiger partial charge in [0.05, 0.1) is 0 Å². The first kappa shape index (κ1) is 15.2. The van der Waals surface area contributed by atoms with E-state index in [0.717, 1.165) is 0 Å². The lowest BCUT2D eigenvalue weighted by atomic mass is 9.96. The number of benzene rings is 1. The van der Waals surface area contributed by atoms with E-state index in [1.54, 1.807) is 0 Å². The number of halogens is 3. The summed E-state index contributed by atoms with van der Waals surface area (Å²) in [5, 5.41) is 0. The van der Waals surface area contributed by atoms with Gasteiger partial charge in [0.25, 0.3) is 0 Å². The third-order valence-electron chi connectivity index (χ3n) is 2.74. The van der Waals surface area contributed by atoms with Crippen LogP contribution < -0.4 is 0 Å². The van der Waals surface area contributed by atoms with Crippen molar-refractivity contribution in [2.45, 2.75) is 34.6 Å². The van der Waals surface area contributed by atoms with Crippen molar-refractivity contribution in [2.75, 3.05) is 0 Å². The maximum atomic E-state index is 4.81. The summed E-state index contributed by atoms with van der Waals surface area (Å²) in [5.41, 5.74) is 7.14. The van der Waals surface area contributed by atoms with Crippen molar-refractivity contribution in [1.82, 2.24) is 0 Å². The van der Waals surface area contributed by atoms with Crippen molar-refractivity contribution in [3.63, 3.8) is 0 Å². The number of rotatable bonds is 0. The van der Waals surface area contributed by atoms with Gasteiger partial charge in [-0.1, -0.05) is 6.07 Å². The normalized spacial score (nSPS) is 9.33. The molecule has 1 aromatic rings. The molecule has 0 aliphatic rings. The predicted molar refractivity (Wildman–Crippen MR) is 73.4 cm³/mol. The lowest BCUT2D eigenvalue weighted by Crippen LogP contribution is -1.93. The van der Waals surface area contributed by atoms with Crippen LogP contribution >= 0.6 is 34.4 Å². The Balaban J connectivity index is 0.000000423. The standard InChI is InChI=1S/C11H16.BCl3/c1-7-6-8(2)10(4)11(5)9(7)3;2-1(3)4/h6H,1-5H3;. The zero-order valence-corrected chi connectivity index (χ0v) is 12.1. The fourth-order valence-corrected chi connectivity index (χ4v) is 1.41. The molecule has 0 aliphatic heterocycles. The second-order valence-corrected chi connectivity index (χ2v) is 5.61. The van der Waals surface area contributed by atoms with Crippen LogP contribution in [0.15, 0.2) is 6.07 Å². The Hall–Kier alpha value is 0.155. The molecule has 1 aromatic carbocycles. The van der Waals surface area contributed by atoms with E-state index in [1.165, 1.54) is 27.8 Å². The minimum atomic E-state index is -0.750. The lowest BCUT2D eigenvalue weighted by molar-refractivity contribution is 1.18. The van der Waals surface area contributed by atoms with Crippen LogP contribution in [0.25, 0.3) is 0 Å². The largest absolute Gasteiger partial charge is 0.450 e. The molecule has 0 radical (unpaired) electrons. The average Bonchev–Trinajstić information content (AvgIpc) is 2.11. The highest BCUT2D eigenvalue weighted by molar-refractivity contribution is 7.54. The molecule has 0 atom stereocenters. The molecule has 4 heteroatoms. The van der Waals surface area contributed by atoms with Gasteiger partial charge in [-0.05, 0) is 62.4 Å². The minimum Gasteiger partial charge on any atom is -0.150 e. The Morgan fingerprint density at radius 1 is 0.733 bits per heavy atom.